The van der Waals surface area contributed by atoms with E-state index in [1.807, 2.05) is 31.3 Å². The summed E-state index contributed by atoms with van der Waals surface area (Å²) in [5.41, 5.74) is 3.36. The van der Waals surface area contributed by atoms with Gasteiger partial charge in [0.15, 0.2) is 0 Å². The number of hydrogen-bond donors (Lipinski definition) is 1. The molecular weight excluding hydrogens is 190 g/mol. The summed E-state index contributed by atoms with van der Waals surface area (Å²) in [4.78, 5) is 5.24. The molecule has 0 saturated carbocycles. The van der Waals surface area contributed by atoms with Crippen molar-refractivity contribution in [1.29, 1.82) is 0 Å². The third kappa shape index (κ3) is 1.96. The summed E-state index contributed by atoms with van der Waals surface area (Å²) in [5.74, 6) is 0. The Morgan fingerprint density at radius 3 is 2.14 bits per heavy atom. The van der Waals surface area contributed by atoms with Crippen LogP contribution >= 0.6 is 12.6 Å². The van der Waals surface area contributed by atoms with Crippen LogP contribution in [-0.2, 0) is 0 Å². The molecule has 0 fully saturated rings. The molecule has 2 aromatic rings. The first-order chi connectivity index (χ1) is 6.75. The lowest BCUT2D eigenvalue weighted by Crippen LogP contribution is -1.82. The molecule has 1 aromatic carbocycles. The van der Waals surface area contributed by atoms with Gasteiger partial charge in [-0.15, -0.1) is 12.6 Å². The molecule has 0 N–H and O–H groups in total. The minimum Gasteiger partial charge on any atom is -0.261 e. The summed E-state index contributed by atoms with van der Waals surface area (Å²) in [6.07, 6.45) is 1.89. The summed E-state index contributed by atoms with van der Waals surface area (Å²) in [6.45, 7) is 1.99. The van der Waals surface area contributed by atoms with Crippen molar-refractivity contribution >= 4 is 12.6 Å². The van der Waals surface area contributed by atoms with Crippen molar-refractivity contribution < 1.29 is 0 Å². The van der Waals surface area contributed by atoms with Crippen LogP contribution < -0.4 is 0 Å². The number of aromatic nitrogens is 1. The monoisotopic (exact) mass is 201 g/mol. The maximum absolute atomic E-state index is 4.26. The molecule has 0 amide bonds. The standard InChI is InChI=1S/C12H11NS/c1-9-2-3-11(8-13-9)10-4-6-12(14)7-5-10/h2-8,14H,1H3. The minimum absolute atomic E-state index is 0.980. The van der Waals surface area contributed by atoms with Crippen LogP contribution in [0.3, 0.4) is 0 Å². The predicted octanol–water partition coefficient (Wildman–Crippen LogP) is 3.35. The fourth-order valence-corrected chi connectivity index (χ4v) is 1.44. The van der Waals surface area contributed by atoms with Crippen molar-refractivity contribution in [1.82, 2.24) is 4.98 Å². The molecule has 1 aromatic heterocycles. The molecule has 1 heterocycles. The Hall–Kier alpha value is -1.28. The van der Waals surface area contributed by atoms with Crippen LogP contribution in [0.4, 0.5) is 0 Å². The average molecular weight is 201 g/mol. The zero-order valence-electron chi connectivity index (χ0n) is 7.94. The van der Waals surface area contributed by atoms with Crippen LogP contribution in [0.25, 0.3) is 11.1 Å². The Morgan fingerprint density at radius 2 is 1.57 bits per heavy atom. The Bertz CT molecular complexity index is 374. The first kappa shape index (κ1) is 9.28. The molecule has 2 rings (SSSR count). The van der Waals surface area contributed by atoms with E-state index < -0.39 is 0 Å². The highest BCUT2D eigenvalue weighted by Gasteiger charge is 1.96. The van der Waals surface area contributed by atoms with Crippen molar-refractivity contribution in [3.05, 3.63) is 48.3 Å². The van der Waals surface area contributed by atoms with Crippen LogP contribution in [0.2, 0.25) is 0 Å². The minimum atomic E-state index is 0.980. The van der Waals surface area contributed by atoms with Gasteiger partial charge in [0.25, 0.3) is 0 Å². The SMILES string of the molecule is Cc1ccc(-c2ccc(S)cc2)cn1. The van der Waals surface area contributed by atoms with E-state index in [-0.39, 0.29) is 0 Å². The number of nitrogens with zero attached hydrogens (tertiary/aromatic N) is 1. The molecule has 0 aliphatic heterocycles. The van der Waals surface area contributed by atoms with Crippen molar-refractivity contribution in [3.63, 3.8) is 0 Å². The Balaban J connectivity index is 2.40. The van der Waals surface area contributed by atoms with Crippen LogP contribution in [0.5, 0.6) is 0 Å². The Labute approximate surface area is 89.2 Å². The van der Waals surface area contributed by atoms with Crippen molar-refractivity contribution in [3.8, 4) is 11.1 Å². The van der Waals surface area contributed by atoms with E-state index in [0.29, 0.717) is 0 Å². The Morgan fingerprint density at radius 1 is 0.929 bits per heavy atom. The molecule has 0 radical (unpaired) electrons. The van der Waals surface area contributed by atoms with Gasteiger partial charge < -0.3 is 0 Å². The summed E-state index contributed by atoms with van der Waals surface area (Å²) in [7, 11) is 0. The van der Waals surface area contributed by atoms with Gasteiger partial charge in [0.2, 0.25) is 0 Å². The van der Waals surface area contributed by atoms with E-state index in [9.17, 15) is 0 Å². The molecule has 0 bridgehead atoms. The summed E-state index contributed by atoms with van der Waals surface area (Å²) in [6, 6.07) is 12.2. The zero-order valence-corrected chi connectivity index (χ0v) is 8.83. The first-order valence-electron chi connectivity index (χ1n) is 4.48. The summed E-state index contributed by atoms with van der Waals surface area (Å²) >= 11 is 4.24. The molecule has 0 aliphatic rings. The highest BCUT2D eigenvalue weighted by atomic mass is 32.1. The van der Waals surface area contributed by atoms with E-state index in [2.05, 4.69) is 35.8 Å². The number of benzene rings is 1. The van der Waals surface area contributed by atoms with Crippen LogP contribution in [-0.4, -0.2) is 4.98 Å². The molecule has 0 aliphatic carbocycles. The largest absolute Gasteiger partial charge is 0.261 e. The molecular formula is C12H11NS. The van der Waals surface area contributed by atoms with Crippen molar-refractivity contribution in [2.75, 3.05) is 0 Å². The maximum Gasteiger partial charge on any atom is 0.0373 e. The molecule has 0 atom stereocenters. The van der Waals surface area contributed by atoms with Crippen LogP contribution in [0.15, 0.2) is 47.5 Å². The molecule has 70 valence electrons. The van der Waals surface area contributed by atoms with E-state index in [0.717, 1.165) is 16.2 Å². The zero-order chi connectivity index (χ0) is 9.97. The molecule has 0 unspecified atom stereocenters. The summed E-state index contributed by atoms with van der Waals surface area (Å²) in [5, 5.41) is 0. The fourth-order valence-electron chi connectivity index (χ4n) is 1.29. The van der Waals surface area contributed by atoms with Gasteiger partial charge in [-0.05, 0) is 30.7 Å². The van der Waals surface area contributed by atoms with Gasteiger partial charge >= 0.3 is 0 Å². The van der Waals surface area contributed by atoms with Crippen molar-refractivity contribution in [2.24, 2.45) is 0 Å². The van der Waals surface area contributed by atoms with Crippen molar-refractivity contribution in [2.45, 2.75) is 11.8 Å². The third-order valence-corrected chi connectivity index (χ3v) is 2.41. The van der Waals surface area contributed by atoms with Gasteiger partial charge in [-0.25, -0.2) is 0 Å². The molecule has 0 saturated heterocycles. The topological polar surface area (TPSA) is 12.9 Å². The molecule has 2 heteroatoms. The van der Waals surface area contributed by atoms with Gasteiger partial charge in [0.1, 0.15) is 0 Å². The molecule has 14 heavy (non-hydrogen) atoms. The number of rotatable bonds is 1. The smallest absolute Gasteiger partial charge is 0.0373 e. The Kier molecular flexibility index (Phi) is 2.55. The van der Waals surface area contributed by atoms with Gasteiger partial charge in [-0.1, -0.05) is 18.2 Å². The highest BCUT2D eigenvalue weighted by molar-refractivity contribution is 7.80. The molecule has 1 nitrogen and oxygen atoms in total. The normalized spacial score (nSPS) is 10.1. The average Bonchev–Trinajstić information content (AvgIpc) is 2.21. The first-order valence-corrected chi connectivity index (χ1v) is 4.92. The van der Waals surface area contributed by atoms with Gasteiger partial charge in [0.05, 0.1) is 0 Å². The maximum atomic E-state index is 4.26. The van der Waals surface area contributed by atoms with E-state index >= 15 is 0 Å². The van der Waals surface area contributed by atoms with E-state index in [4.69, 9.17) is 0 Å². The number of hydrogen-bond acceptors (Lipinski definition) is 2. The van der Waals surface area contributed by atoms with Gasteiger partial charge in [-0.3, -0.25) is 4.98 Å². The van der Waals surface area contributed by atoms with Crippen LogP contribution in [0, 0.1) is 6.92 Å². The number of thiol groups is 1. The molecule has 0 spiro atoms. The predicted molar refractivity (Wildman–Crippen MR) is 61.7 cm³/mol. The number of pyridine rings is 1. The van der Waals surface area contributed by atoms with E-state index in [1.54, 1.807) is 0 Å². The van der Waals surface area contributed by atoms with Crippen LogP contribution in [0.1, 0.15) is 5.69 Å². The second-order valence-electron chi connectivity index (χ2n) is 3.24. The lowest BCUT2D eigenvalue weighted by atomic mass is 10.1. The number of aryl methyl sites for hydroxylation is 1. The second kappa shape index (κ2) is 3.84. The second-order valence-corrected chi connectivity index (χ2v) is 3.75. The van der Waals surface area contributed by atoms with Gasteiger partial charge in [-0.2, -0.15) is 0 Å². The van der Waals surface area contributed by atoms with Gasteiger partial charge in [0, 0.05) is 22.3 Å². The summed E-state index contributed by atoms with van der Waals surface area (Å²) < 4.78 is 0. The fraction of sp³-hybridized carbons (Fsp3) is 0.0833. The lowest BCUT2D eigenvalue weighted by Gasteiger charge is -2.01. The van der Waals surface area contributed by atoms with E-state index in [1.165, 1.54) is 5.56 Å². The lowest BCUT2D eigenvalue weighted by molar-refractivity contribution is 1.20. The highest BCUT2D eigenvalue weighted by Crippen LogP contribution is 2.19. The third-order valence-electron chi connectivity index (χ3n) is 2.11. The quantitative estimate of drug-likeness (QED) is 0.698.